The number of para-hydroxylation sites is 3. The van der Waals surface area contributed by atoms with Crippen molar-refractivity contribution < 1.29 is 28.1 Å². The Balaban J connectivity index is 1.74. The van der Waals surface area contributed by atoms with Crippen molar-refractivity contribution in [3.8, 4) is 16.3 Å². The average molecular weight is 548 g/mol. The van der Waals surface area contributed by atoms with Crippen LogP contribution in [0.25, 0.3) is 20.8 Å². The first-order chi connectivity index (χ1) is 18.0. The van der Waals surface area contributed by atoms with E-state index in [-0.39, 0.29) is 30.2 Å². The molecule has 12 heteroatoms. The molecule has 4 aromatic rings. The second-order valence-electron chi connectivity index (χ2n) is 8.98. The lowest BCUT2D eigenvalue weighted by Gasteiger charge is -2.24. The topological polar surface area (TPSA) is 112 Å². The van der Waals surface area contributed by atoms with Crippen LogP contribution in [0.1, 0.15) is 26.0 Å². The van der Waals surface area contributed by atoms with E-state index in [0.717, 1.165) is 10.2 Å². The van der Waals surface area contributed by atoms with E-state index in [0.29, 0.717) is 28.5 Å². The maximum atomic E-state index is 12.9. The molecule has 0 amide bonds. The van der Waals surface area contributed by atoms with Gasteiger partial charge in [0.05, 0.1) is 33.3 Å². The summed E-state index contributed by atoms with van der Waals surface area (Å²) >= 11 is 1.47. The van der Waals surface area contributed by atoms with Crippen LogP contribution in [-0.2, 0) is 0 Å². The van der Waals surface area contributed by atoms with Crippen molar-refractivity contribution in [2.24, 2.45) is 5.92 Å². The largest absolute Gasteiger partial charge is 0.573 e. The van der Waals surface area contributed by atoms with Gasteiger partial charge in [-0.3, -0.25) is 0 Å². The number of rotatable bonds is 10. The third-order valence-electron chi connectivity index (χ3n) is 5.91. The van der Waals surface area contributed by atoms with Crippen LogP contribution in [0.15, 0.2) is 48.5 Å². The molecule has 202 valence electrons. The van der Waals surface area contributed by atoms with Crippen molar-refractivity contribution >= 4 is 39.0 Å². The summed E-state index contributed by atoms with van der Waals surface area (Å²) in [5.74, 6) is -0.282. The van der Waals surface area contributed by atoms with E-state index < -0.39 is 18.2 Å². The first-order valence-electron chi connectivity index (χ1n) is 12.0. The summed E-state index contributed by atoms with van der Waals surface area (Å²) in [5.41, 5.74) is 2.08. The van der Waals surface area contributed by atoms with Crippen LogP contribution in [0.3, 0.4) is 0 Å². The number of halogens is 3. The molecule has 0 saturated heterocycles. The van der Waals surface area contributed by atoms with Crippen molar-refractivity contribution in [2.45, 2.75) is 45.7 Å². The fourth-order valence-electron chi connectivity index (χ4n) is 4.04. The van der Waals surface area contributed by atoms with Gasteiger partial charge in [-0.1, -0.05) is 24.3 Å². The Labute approximate surface area is 221 Å². The number of hydrogen-bond donors (Lipinski definition) is 4. The Kier molecular flexibility index (Phi) is 8.34. The maximum absolute atomic E-state index is 12.9. The predicted octanol–water partition coefficient (Wildman–Crippen LogP) is 5.88. The molecule has 3 atom stereocenters. The number of alkyl halides is 3. The van der Waals surface area contributed by atoms with Gasteiger partial charge in [0.15, 0.2) is 5.75 Å². The molecule has 0 radical (unpaired) electrons. The zero-order chi connectivity index (χ0) is 27.4. The molecule has 1 unspecified atom stereocenters. The van der Waals surface area contributed by atoms with E-state index in [9.17, 15) is 23.4 Å². The summed E-state index contributed by atoms with van der Waals surface area (Å²) in [7, 11) is 0. The summed E-state index contributed by atoms with van der Waals surface area (Å²) in [6, 6.07) is 13.1. The number of aliphatic hydroxyl groups excluding tert-OH is 2. The van der Waals surface area contributed by atoms with Gasteiger partial charge in [-0.2, -0.15) is 4.98 Å². The molecule has 4 N–H and O–H groups in total. The quantitative estimate of drug-likeness (QED) is 0.195. The summed E-state index contributed by atoms with van der Waals surface area (Å²) in [6.45, 7) is 5.11. The van der Waals surface area contributed by atoms with Crippen molar-refractivity contribution in [3.63, 3.8) is 0 Å². The highest BCUT2D eigenvalue weighted by Gasteiger charge is 2.32. The Morgan fingerprint density at radius 2 is 1.74 bits per heavy atom. The summed E-state index contributed by atoms with van der Waals surface area (Å²) in [4.78, 5) is 13.9. The molecule has 8 nitrogen and oxygen atoms in total. The van der Waals surface area contributed by atoms with Gasteiger partial charge >= 0.3 is 6.36 Å². The van der Waals surface area contributed by atoms with Gasteiger partial charge in [-0.15, -0.1) is 24.5 Å². The van der Waals surface area contributed by atoms with Gasteiger partial charge in [0.1, 0.15) is 10.8 Å². The molecule has 2 heterocycles. The number of aromatic nitrogens is 3. The highest BCUT2D eigenvalue weighted by Crippen LogP contribution is 2.38. The number of nitrogens with zero attached hydrogens (tertiary/aromatic N) is 3. The zero-order valence-corrected chi connectivity index (χ0v) is 21.8. The predicted molar refractivity (Wildman–Crippen MR) is 142 cm³/mol. The van der Waals surface area contributed by atoms with Gasteiger partial charge < -0.3 is 25.6 Å². The molecule has 0 spiro atoms. The van der Waals surface area contributed by atoms with E-state index in [4.69, 9.17) is 4.98 Å². The minimum atomic E-state index is -4.86. The first-order valence-corrected chi connectivity index (χ1v) is 12.8. The minimum Gasteiger partial charge on any atom is -0.404 e. The van der Waals surface area contributed by atoms with Gasteiger partial charge in [-0.25, -0.2) is 9.97 Å². The number of ether oxygens (including phenoxy) is 1. The van der Waals surface area contributed by atoms with Gasteiger partial charge in [0.2, 0.25) is 5.95 Å². The van der Waals surface area contributed by atoms with Gasteiger partial charge in [0.25, 0.3) is 0 Å². The minimum absolute atomic E-state index is 0.0467. The molecule has 0 bridgehead atoms. The van der Waals surface area contributed by atoms with Crippen molar-refractivity contribution in [3.05, 3.63) is 54.2 Å². The average Bonchev–Trinajstić information content (AvgIpc) is 3.26. The molecule has 0 aliphatic heterocycles. The number of thiazole rings is 1. The van der Waals surface area contributed by atoms with E-state index in [2.05, 4.69) is 25.3 Å². The van der Waals surface area contributed by atoms with Gasteiger partial charge in [-0.05, 0) is 51.5 Å². The molecule has 0 aliphatic carbocycles. The van der Waals surface area contributed by atoms with E-state index >= 15 is 0 Å². The number of benzene rings is 2. The van der Waals surface area contributed by atoms with E-state index in [1.165, 1.54) is 29.5 Å². The normalized spacial score (nSPS) is 14.2. The highest BCUT2D eigenvalue weighted by atomic mass is 32.1. The summed E-state index contributed by atoms with van der Waals surface area (Å²) < 4.78 is 43.9. The van der Waals surface area contributed by atoms with Crippen LogP contribution in [0.5, 0.6) is 5.75 Å². The third-order valence-corrected chi connectivity index (χ3v) is 6.97. The molecular weight excluding hydrogens is 519 g/mol. The first kappa shape index (κ1) is 27.6. The second kappa shape index (κ2) is 11.5. The Hall–Kier alpha value is -3.48. The summed E-state index contributed by atoms with van der Waals surface area (Å²) in [5, 5.41) is 26.5. The standard InChI is InChI=1S/C26H28F3N5O3S/c1-14(12-17(13-35)16(3)36)30-23-22(24-32-19-9-5-7-11-21(19)38-24)15(2)31-25(34-23)33-18-8-4-6-10-20(18)37-26(27,28)29/h4-11,14,16-17,35-36H,12-13H2,1-3H3,(H2,30,31,33,34)/t14?,16-,17+/m0/s1. The number of anilines is 3. The van der Waals surface area contributed by atoms with Crippen LogP contribution in [0.4, 0.5) is 30.6 Å². The van der Waals surface area contributed by atoms with E-state index in [1.54, 1.807) is 19.9 Å². The summed E-state index contributed by atoms with van der Waals surface area (Å²) in [6.07, 6.45) is -5.12. The zero-order valence-electron chi connectivity index (χ0n) is 21.0. The van der Waals surface area contributed by atoms with Crippen LogP contribution >= 0.6 is 11.3 Å². The fraction of sp³-hybridized carbons (Fsp3) is 0.346. The molecule has 38 heavy (non-hydrogen) atoms. The second-order valence-corrected chi connectivity index (χ2v) is 10.0. The fourth-order valence-corrected chi connectivity index (χ4v) is 5.11. The van der Waals surface area contributed by atoms with Crippen molar-refractivity contribution in [1.82, 2.24) is 15.0 Å². The van der Waals surface area contributed by atoms with Crippen LogP contribution in [-0.4, -0.2) is 50.3 Å². The molecule has 4 rings (SSSR count). The van der Waals surface area contributed by atoms with Gasteiger partial charge in [0, 0.05) is 18.6 Å². The SMILES string of the molecule is Cc1nc(Nc2ccccc2OC(F)(F)F)nc(NC(C)C[C@H](CO)[C@H](C)O)c1-c1nc2ccccc2s1. The molecular formula is C26H28F3N5O3S. The number of fused-ring (bicyclic) bond motifs is 1. The third kappa shape index (κ3) is 6.69. The Morgan fingerprint density at radius 3 is 2.42 bits per heavy atom. The molecule has 0 saturated carbocycles. The molecule has 0 aliphatic rings. The van der Waals surface area contributed by atoms with Crippen molar-refractivity contribution in [2.75, 3.05) is 17.2 Å². The number of nitrogens with one attached hydrogen (secondary N) is 2. The maximum Gasteiger partial charge on any atom is 0.573 e. The molecule has 2 aromatic carbocycles. The number of aliphatic hydroxyl groups is 2. The molecule has 0 fully saturated rings. The highest BCUT2D eigenvalue weighted by molar-refractivity contribution is 7.21. The lowest BCUT2D eigenvalue weighted by molar-refractivity contribution is -0.274. The van der Waals surface area contributed by atoms with Crippen molar-refractivity contribution in [1.29, 1.82) is 0 Å². The number of aryl methyl sites for hydroxylation is 1. The Morgan fingerprint density at radius 1 is 1.03 bits per heavy atom. The molecule has 2 aromatic heterocycles. The lowest BCUT2D eigenvalue weighted by Crippen LogP contribution is -2.28. The monoisotopic (exact) mass is 547 g/mol. The smallest absolute Gasteiger partial charge is 0.404 e. The van der Waals surface area contributed by atoms with E-state index in [1.807, 2.05) is 31.2 Å². The van der Waals surface area contributed by atoms with Crippen LogP contribution < -0.4 is 15.4 Å². The lowest BCUT2D eigenvalue weighted by atomic mass is 9.96. The van der Waals surface area contributed by atoms with Crippen LogP contribution in [0.2, 0.25) is 0 Å². The van der Waals surface area contributed by atoms with Crippen LogP contribution in [0, 0.1) is 12.8 Å². The Bertz CT molecular complexity index is 1360. The number of hydrogen-bond acceptors (Lipinski definition) is 9.